The van der Waals surface area contributed by atoms with Crippen LogP contribution >= 0.6 is 0 Å². The summed E-state index contributed by atoms with van der Waals surface area (Å²) in [5.41, 5.74) is 4.81. The highest BCUT2D eigenvalue weighted by atomic mass is 16.1. The number of hydrogen-bond acceptors (Lipinski definition) is 3. The minimum absolute atomic E-state index is 0.0200. The Morgan fingerprint density at radius 3 is 2.89 bits per heavy atom. The third-order valence-electron chi connectivity index (χ3n) is 4.56. The molecule has 4 aromatic rings. The van der Waals surface area contributed by atoms with Gasteiger partial charge >= 0.3 is 0 Å². The fourth-order valence-electron chi connectivity index (χ4n) is 3.32. The van der Waals surface area contributed by atoms with Crippen LogP contribution in [-0.4, -0.2) is 25.7 Å². The Kier molecular flexibility index (Phi) is 4.46. The topological polar surface area (TPSA) is 75.6 Å². The van der Waals surface area contributed by atoms with Gasteiger partial charge in [-0.2, -0.15) is 5.10 Å². The molecule has 1 atom stereocenters. The maximum Gasteiger partial charge on any atom is 0.224 e. The molecule has 6 heteroatoms. The Morgan fingerprint density at radius 1 is 1.22 bits per heavy atom. The molecule has 2 aromatic carbocycles. The third-order valence-corrected chi connectivity index (χ3v) is 4.56. The number of carbonyl (C=O) groups is 1. The number of fused-ring (bicyclic) bond motifs is 1. The van der Waals surface area contributed by atoms with E-state index >= 15 is 0 Å². The van der Waals surface area contributed by atoms with Gasteiger partial charge in [0, 0.05) is 12.4 Å². The number of para-hydroxylation sites is 1. The highest BCUT2D eigenvalue weighted by Crippen LogP contribution is 2.21. The molecule has 6 nitrogen and oxygen atoms in total. The molecule has 0 unspecified atom stereocenters. The van der Waals surface area contributed by atoms with Gasteiger partial charge in [0.1, 0.15) is 5.82 Å². The van der Waals surface area contributed by atoms with Gasteiger partial charge in [-0.05, 0) is 49.2 Å². The van der Waals surface area contributed by atoms with Gasteiger partial charge in [-0.25, -0.2) is 9.67 Å². The zero-order valence-electron chi connectivity index (χ0n) is 15.3. The number of nitrogens with one attached hydrogen (secondary N) is 2. The molecule has 2 aromatic heterocycles. The van der Waals surface area contributed by atoms with Crippen molar-refractivity contribution in [3.63, 3.8) is 0 Å². The molecular weight excluding hydrogens is 338 g/mol. The first-order chi connectivity index (χ1) is 13.1. The molecule has 0 aliphatic rings. The van der Waals surface area contributed by atoms with Gasteiger partial charge in [-0.1, -0.05) is 24.3 Å². The summed E-state index contributed by atoms with van der Waals surface area (Å²) >= 11 is 0. The van der Waals surface area contributed by atoms with Crippen molar-refractivity contribution in [3.8, 4) is 5.69 Å². The molecule has 136 valence electrons. The normalized spacial score (nSPS) is 12.2. The minimum atomic E-state index is -0.129. The van der Waals surface area contributed by atoms with Crippen molar-refractivity contribution in [1.29, 1.82) is 0 Å². The van der Waals surface area contributed by atoms with Crippen molar-refractivity contribution in [2.24, 2.45) is 0 Å². The molecule has 0 saturated carbocycles. The summed E-state index contributed by atoms with van der Waals surface area (Å²) in [6, 6.07) is 15.6. The number of aromatic nitrogens is 4. The Hall–Kier alpha value is -3.41. The number of hydrogen-bond donors (Lipinski definition) is 2. The number of aromatic amines is 1. The minimum Gasteiger partial charge on any atom is -0.349 e. The van der Waals surface area contributed by atoms with E-state index in [0.29, 0.717) is 6.42 Å². The lowest BCUT2D eigenvalue weighted by atomic mass is 10.1. The number of H-pyrrole nitrogens is 1. The van der Waals surface area contributed by atoms with Crippen molar-refractivity contribution in [3.05, 3.63) is 77.9 Å². The van der Waals surface area contributed by atoms with Crippen molar-refractivity contribution in [2.75, 3.05) is 0 Å². The second-order valence-corrected chi connectivity index (χ2v) is 6.65. The number of carbonyl (C=O) groups excluding carboxylic acids is 1. The molecule has 27 heavy (non-hydrogen) atoms. The zero-order valence-corrected chi connectivity index (χ0v) is 15.3. The third kappa shape index (κ3) is 3.60. The first-order valence-corrected chi connectivity index (χ1v) is 8.94. The highest BCUT2D eigenvalue weighted by Gasteiger charge is 2.15. The van der Waals surface area contributed by atoms with Crippen LogP contribution in [0.2, 0.25) is 0 Å². The van der Waals surface area contributed by atoms with E-state index in [0.717, 1.165) is 33.7 Å². The van der Waals surface area contributed by atoms with Crippen LogP contribution in [0, 0.1) is 6.92 Å². The lowest BCUT2D eigenvalue weighted by Gasteiger charge is -2.18. The van der Waals surface area contributed by atoms with E-state index in [1.165, 1.54) is 0 Å². The molecule has 0 saturated heterocycles. The molecule has 1 amide bonds. The van der Waals surface area contributed by atoms with Gasteiger partial charge in [-0.3, -0.25) is 4.79 Å². The summed E-state index contributed by atoms with van der Waals surface area (Å²) in [7, 11) is 0. The van der Waals surface area contributed by atoms with Crippen molar-refractivity contribution in [1.82, 2.24) is 25.1 Å². The smallest absolute Gasteiger partial charge is 0.224 e. The fourth-order valence-corrected chi connectivity index (χ4v) is 3.32. The van der Waals surface area contributed by atoms with Crippen LogP contribution in [0.3, 0.4) is 0 Å². The standard InChI is InChI=1S/C21H21N5O/c1-14(17-6-3-4-7-20(17)26-11-5-10-22-26)23-21(27)13-16-8-9-18-19(12-16)25-15(2)24-18/h3-12,14H,13H2,1-2H3,(H,23,27)(H,24,25)/t14-/m1/s1. The van der Waals surface area contributed by atoms with Crippen LogP contribution in [0.25, 0.3) is 16.7 Å². The van der Waals surface area contributed by atoms with E-state index in [1.54, 1.807) is 6.20 Å². The van der Waals surface area contributed by atoms with Crippen molar-refractivity contribution < 1.29 is 4.79 Å². The molecule has 0 bridgehead atoms. The first-order valence-electron chi connectivity index (χ1n) is 8.94. The average molecular weight is 359 g/mol. The van der Waals surface area contributed by atoms with Crippen LogP contribution in [0.1, 0.15) is 29.9 Å². The number of rotatable bonds is 5. The maximum atomic E-state index is 12.6. The molecule has 0 radical (unpaired) electrons. The predicted octanol–water partition coefficient (Wildman–Crippen LogP) is 3.48. The Balaban J connectivity index is 1.49. The van der Waals surface area contributed by atoms with Crippen LogP contribution in [0.15, 0.2) is 60.9 Å². The second kappa shape index (κ2) is 7.07. The number of aryl methyl sites for hydroxylation is 1. The van der Waals surface area contributed by atoms with Crippen molar-refractivity contribution >= 4 is 16.9 Å². The van der Waals surface area contributed by atoms with Crippen molar-refractivity contribution in [2.45, 2.75) is 26.3 Å². The molecule has 2 heterocycles. The van der Waals surface area contributed by atoms with Crippen LogP contribution < -0.4 is 5.32 Å². The number of benzene rings is 2. The first kappa shape index (κ1) is 17.0. The summed E-state index contributed by atoms with van der Waals surface area (Å²) < 4.78 is 1.81. The monoisotopic (exact) mass is 359 g/mol. The van der Waals surface area contributed by atoms with Gasteiger partial charge in [0.2, 0.25) is 5.91 Å². The summed E-state index contributed by atoms with van der Waals surface area (Å²) in [6.07, 6.45) is 3.96. The number of imidazole rings is 1. The number of amides is 1. The van der Waals surface area contributed by atoms with Crippen LogP contribution in [0.4, 0.5) is 0 Å². The van der Waals surface area contributed by atoms with Gasteiger partial charge < -0.3 is 10.3 Å². The largest absolute Gasteiger partial charge is 0.349 e. The maximum absolute atomic E-state index is 12.6. The lowest BCUT2D eigenvalue weighted by molar-refractivity contribution is -0.121. The van der Waals surface area contributed by atoms with E-state index in [2.05, 4.69) is 20.4 Å². The van der Waals surface area contributed by atoms with E-state index in [4.69, 9.17) is 0 Å². The Bertz CT molecular complexity index is 1080. The van der Waals surface area contributed by atoms with Crippen LogP contribution in [-0.2, 0) is 11.2 Å². The lowest BCUT2D eigenvalue weighted by Crippen LogP contribution is -2.28. The van der Waals surface area contributed by atoms with E-state index in [-0.39, 0.29) is 11.9 Å². The van der Waals surface area contributed by atoms with Gasteiger partial charge in [0.15, 0.2) is 0 Å². The predicted molar refractivity (Wildman–Crippen MR) is 105 cm³/mol. The molecule has 2 N–H and O–H groups in total. The molecule has 0 spiro atoms. The summed E-state index contributed by atoms with van der Waals surface area (Å²) in [5.74, 6) is 0.851. The molecule has 0 fully saturated rings. The Labute approximate surface area is 157 Å². The van der Waals surface area contributed by atoms with E-state index < -0.39 is 0 Å². The summed E-state index contributed by atoms with van der Waals surface area (Å²) in [5, 5.41) is 7.40. The molecule has 4 rings (SSSR count). The summed E-state index contributed by atoms with van der Waals surface area (Å²) in [4.78, 5) is 20.2. The van der Waals surface area contributed by atoms with Gasteiger partial charge in [0.25, 0.3) is 0 Å². The fraction of sp³-hybridized carbons (Fsp3) is 0.190. The van der Waals surface area contributed by atoms with E-state index in [1.807, 2.05) is 73.3 Å². The number of nitrogens with zero attached hydrogens (tertiary/aromatic N) is 3. The SMILES string of the molecule is Cc1nc2ccc(CC(=O)N[C@H](C)c3ccccc3-n3cccn3)cc2[nH]1. The summed E-state index contributed by atoms with van der Waals surface area (Å²) in [6.45, 7) is 3.91. The molecule has 0 aliphatic heterocycles. The van der Waals surface area contributed by atoms with Gasteiger partial charge in [0.05, 0.1) is 29.2 Å². The molecular formula is C21H21N5O. The Morgan fingerprint density at radius 2 is 2.07 bits per heavy atom. The molecule has 0 aliphatic carbocycles. The highest BCUT2D eigenvalue weighted by molar-refractivity contribution is 5.82. The van der Waals surface area contributed by atoms with Crippen LogP contribution in [0.5, 0.6) is 0 Å². The van der Waals surface area contributed by atoms with E-state index in [9.17, 15) is 4.79 Å². The zero-order chi connectivity index (χ0) is 18.8. The average Bonchev–Trinajstić information content (AvgIpc) is 3.30. The second-order valence-electron chi connectivity index (χ2n) is 6.65. The quantitative estimate of drug-likeness (QED) is 0.573. The van der Waals surface area contributed by atoms with Gasteiger partial charge in [-0.15, -0.1) is 0 Å².